The summed E-state index contributed by atoms with van der Waals surface area (Å²) < 4.78 is 0. The summed E-state index contributed by atoms with van der Waals surface area (Å²) in [7, 11) is 0. The van der Waals surface area contributed by atoms with Gasteiger partial charge in [0.05, 0.1) is 5.41 Å². The van der Waals surface area contributed by atoms with Gasteiger partial charge in [0.15, 0.2) is 0 Å². The second-order valence-electron chi connectivity index (χ2n) is 6.68. The average molecular weight is 321 g/mol. The van der Waals surface area contributed by atoms with Crippen molar-refractivity contribution in [2.45, 2.75) is 50.5 Å². The van der Waals surface area contributed by atoms with Gasteiger partial charge in [-0.25, -0.2) is 0 Å². The van der Waals surface area contributed by atoms with Crippen LogP contribution in [-0.4, -0.2) is 36.5 Å². The summed E-state index contributed by atoms with van der Waals surface area (Å²) in [5.74, 6) is 0.198. The minimum Gasteiger partial charge on any atom is -0.353 e. The standard InChI is InChI=1S/C18H25ClN2O/c1-2-10-21-11-6-16(7-12-21)20-17(22)18(8-9-18)14-4-3-5-15(19)13-14/h3-5,13,16H,2,6-12H2,1H3,(H,20,22). The van der Waals surface area contributed by atoms with Gasteiger partial charge in [-0.3, -0.25) is 4.79 Å². The van der Waals surface area contributed by atoms with E-state index >= 15 is 0 Å². The number of piperidine rings is 1. The molecule has 0 unspecified atom stereocenters. The van der Waals surface area contributed by atoms with Crippen LogP contribution in [0.25, 0.3) is 0 Å². The van der Waals surface area contributed by atoms with Gasteiger partial charge in [-0.05, 0) is 56.3 Å². The van der Waals surface area contributed by atoms with E-state index in [4.69, 9.17) is 11.6 Å². The number of nitrogens with zero attached hydrogens (tertiary/aromatic N) is 1. The van der Waals surface area contributed by atoms with E-state index in [1.807, 2.05) is 24.3 Å². The summed E-state index contributed by atoms with van der Waals surface area (Å²) >= 11 is 6.08. The highest BCUT2D eigenvalue weighted by Gasteiger charge is 2.51. The summed E-state index contributed by atoms with van der Waals surface area (Å²) in [6.07, 6.45) is 5.21. The molecule has 0 bridgehead atoms. The summed E-state index contributed by atoms with van der Waals surface area (Å²) in [4.78, 5) is 15.2. The first-order chi connectivity index (χ1) is 10.6. The fraction of sp³-hybridized carbons (Fsp3) is 0.611. The lowest BCUT2D eigenvalue weighted by Crippen LogP contribution is -2.47. The number of hydrogen-bond acceptors (Lipinski definition) is 2. The molecule has 1 aromatic rings. The molecular formula is C18H25ClN2O. The number of likely N-dealkylation sites (tertiary alicyclic amines) is 1. The summed E-state index contributed by atoms with van der Waals surface area (Å²) in [5, 5.41) is 4.01. The number of hydrogen-bond donors (Lipinski definition) is 1. The van der Waals surface area contributed by atoms with Crippen LogP contribution in [-0.2, 0) is 10.2 Å². The molecule has 1 heterocycles. The van der Waals surface area contributed by atoms with Crippen LogP contribution in [0, 0.1) is 0 Å². The Bertz CT molecular complexity index is 534. The topological polar surface area (TPSA) is 32.3 Å². The van der Waals surface area contributed by atoms with Crippen molar-refractivity contribution < 1.29 is 4.79 Å². The highest BCUT2D eigenvalue weighted by Crippen LogP contribution is 2.49. The average Bonchev–Trinajstić information content (AvgIpc) is 3.31. The Morgan fingerprint density at radius 2 is 2.09 bits per heavy atom. The van der Waals surface area contributed by atoms with Crippen LogP contribution in [0.2, 0.25) is 5.02 Å². The van der Waals surface area contributed by atoms with Crippen molar-refractivity contribution >= 4 is 17.5 Å². The van der Waals surface area contributed by atoms with Gasteiger partial charge >= 0.3 is 0 Å². The first-order valence-electron chi connectivity index (χ1n) is 8.43. The number of rotatable bonds is 5. The number of carbonyl (C=O) groups is 1. The molecule has 1 aromatic carbocycles. The first kappa shape index (κ1) is 15.8. The number of halogens is 1. The molecule has 1 amide bonds. The van der Waals surface area contributed by atoms with Gasteiger partial charge in [0.2, 0.25) is 5.91 Å². The monoisotopic (exact) mass is 320 g/mol. The Labute approximate surface area is 138 Å². The van der Waals surface area contributed by atoms with Crippen LogP contribution < -0.4 is 5.32 Å². The van der Waals surface area contributed by atoms with Crippen molar-refractivity contribution in [1.29, 1.82) is 0 Å². The zero-order valence-electron chi connectivity index (χ0n) is 13.3. The van der Waals surface area contributed by atoms with Gasteiger partial charge in [-0.15, -0.1) is 0 Å². The third kappa shape index (κ3) is 3.31. The predicted octanol–water partition coefficient (Wildman–Crippen LogP) is 3.36. The van der Waals surface area contributed by atoms with E-state index in [1.54, 1.807) is 0 Å². The molecule has 0 aromatic heterocycles. The van der Waals surface area contributed by atoms with Gasteiger partial charge in [0, 0.05) is 24.2 Å². The largest absolute Gasteiger partial charge is 0.353 e. The van der Waals surface area contributed by atoms with Crippen molar-refractivity contribution in [3.8, 4) is 0 Å². The molecule has 1 N–H and O–H groups in total. The summed E-state index contributed by atoms with van der Waals surface area (Å²) in [6.45, 7) is 5.59. The van der Waals surface area contributed by atoms with E-state index in [1.165, 1.54) is 13.0 Å². The van der Waals surface area contributed by atoms with Crippen molar-refractivity contribution in [3.05, 3.63) is 34.9 Å². The first-order valence-corrected chi connectivity index (χ1v) is 8.81. The zero-order valence-corrected chi connectivity index (χ0v) is 14.0. The number of benzene rings is 1. The highest BCUT2D eigenvalue weighted by molar-refractivity contribution is 6.30. The fourth-order valence-electron chi connectivity index (χ4n) is 3.50. The highest BCUT2D eigenvalue weighted by atomic mass is 35.5. The fourth-order valence-corrected chi connectivity index (χ4v) is 3.69. The Morgan fingerprint density at radius 1 is 1.36 bits per heavy atom. The van der Waals surface area contributed by atoms with Crippen molar-refractivity contribution in [2.75, 3.05) is 19.6 Å². The molecule has 3 rings (SSSR count). The molecule has 2 fully saturated rings. The lowest BCUT2D eigenvalue weighted by Gasteiger charge is -2.33. The SMILES string of the molecule is CCCN1CCC(NC(=O)C2(c3cccc(Cl)c3)CC2)CC1. The van der Waals surface area contributed by atoms with Crippen molar-refractivity contribution in [1.82, 2.24) is 10.2 Å². The Hall–Kier alpha value is -1.06. The molecule has 0 radical (unpaired) electrons. The molecule has 0 atom stereocenters. The quantitative estimate of drug-likeness (QED) is 0.902. The maximum atomic E-state index is 12.7. The van der Waals surface area contributed by atoms with E-state index in [-0.39, 0.29) is 11.3 Å². The van der Waals surface area contributed by atoms with Crippen molar-refractivity contribution in [2.24, 2.45) is 0 Å². The lowest BCUT2D eigenvalue weighted by molar-refractivity contribution is -0.124. The van der Waals surface area contributed by atoms with Crippen molar-refractivity contribution in [3.63, 3.8) is 0 Å². The van der Waals surface area contributed by atoms with E-state index in [9.17, 15) is 4.79 Å². The summed E-state index contributed by atoms with van der Waals surface area (Å²) in [6, 6.07) is 8.11. The van der Waals surface area contributed by atoms with Gasteiger partial charge < -0.3 is 10.2 Å². The van der Waals surface area contributed by atoms with Gasteiger partial charge in [0.25, 0.3) is 0 Å². The number of nitrogens with one attached hydrogen (secondary N) is 1. The number of carbonyl (C=O) groups excluding carboxylic acids is 1. The van der Waals surface area contributed by atoms with E-state index < -0.39 is 0 Å². The maximum absolute atomic E-state index is 12.7. The minimum absolute atomic E-state index is 0.198. The van der Waals surface area contributed by atoms with Crippen LogP contribution in [0.1, 0.15) is 44.6 Å². The second-order valence-corrected chi connectivity index (χ2v) is 7.12. The third-order valence-corrected chi connectivity index (χ3v) is 5.26. The predicted molar refractivity (Wildman–Crippen MR) is 90.3 cm³/mol. The van der Waals surface area contributed by atoms with E-state index in [0.717, 1.165) is 44.3 Å². The third-order valence-electron chi connectivity index (χ3n) is 5.02. The Kier molecular flexibility index (Phi) is 4.74. The molecule has 1 saturated carbocycles. The molecule has 1 saturated heterocycles. The van der Waals surface area contributed by atoms with Gasteiger partial charge in [-0.1, -0.05) is 30.7 Å². The number of amides is 1. The lowest BCUT2D eigenvalue weighted by atomic mass is 9.94. The molecule has 3 nitrogen and oxygen atoms in total. The molecule has 0 spiro atoms. The molecule has 120 valence electrons. The molecule has 2 aliphatic rings. The van der Waals surface area contributed by atoms with Crippen LogP contribution in [0.3, 0.4) is 0 Å². The molecule has 22 heavy (non-hydrogen) atoms. The molecule has 1 aliphatic heterocycles. The second kappa shape index (κ2) is 6.59. The molecular weight excluding hydrogens is 296 g/mol. The summed E-state index contributed by atoms with van der Waals surface area (Å²) in [5.41, 5.74) is 0.756. The maximum Gasteiger partial charge on any atom is 0.230 e. The minimum atomic E-state index is -0.314. The van der Waals surface area contributed by atoms with Crippen LogP contribution in [0.15, 0.2) is 24.3 Å². The van der Waals surface area contributed by atoms with Crippen LogP contribution >= 0.6 is 11.6 Å². The zero-order chi connectivity index (χ0) is 15.6. The van der Waals surface area contributed by atoms with E-state index in [2.05, 4.69) is 17.1 Å². The van der Waals surface area contributed by atoms with E-state index in [0.29, 0.717) is 11.1 Å². The van der Waals surface area contributed by atoms with Crippen LogP contribution in [0.4, 0.5) is 0 Å². The normalized spacial score (nSPS) is 21.5. The van der Waals surface area contributed by atoms with Gasteiger partial charge in [-0.2, -0.15) is 0 Å². The van der Waals surface area contributed by atoms with Crippen LogP contribution in [0.5, 0.6) is 0 Å². The smallest absolute Gasteiger partial charge is 0.230 e. The molecule has 4 heteroatoms. The molecule has 1 aliphatic carbocycles. The Morgan fingerprint density at radius 3 is 2.68 bits per heavy atom. The van der Waals surface area contributed by atoms with Gasteiger partial charge in [0.1, 0.15) is 0 Å². The Balaban J connectivity index is 1.59.